The minimum Gasteiger partial charge on any atom is -0.125 e. The SMILES string of the molecule is CCCCCSc1cc(Cl)ccc1Cl. The maximum Gasteiger partial charge on any atom is 0.0542 e. The van der Waals surface area contributed by atoms with E-state index in [9.17, 15) is 0 Å². The van der Waals surface area contributed by atoms with E-state index in [1.807, 2.05) is 18.2 Å². The summed E-state index contributed by atoms with van der Waals surface area (Å²) in [5.74, 6) is 1.12. The Kier molecular flexibility index (Phi) is 5.76. The van der Waals surface area contributed by atoms with Crippen molar-refractivity contribution in [3.63, 3.8) is 0 Å². The Hall–Kier alpha value is 0.150. The number of unbranched alkanes of at least 4 members (excludes halogenated alkanes) is 2. The monoisotopic (exact) mass is 248 g/mol. The molecule has 0 unspecified atom stereocenters. The smallest absolute Gasteiger partial charge is 0.0542 e. The quantitative estimate of drug-likeness (QED) is 0.505. The second-order valence-corrected chi connectivity index (χ2v) is 5.11. The largest absolute Gasteiger partial charge is 0.125 e. The van der Waals surface area contributed by atoms with Crippen LogP contribution in [-0.4, -0.2) is 5.75 Å². The molecule has 3 heteroatoms. The van der Waals surface area contributed by atoms with E-state index in [-0.39, 0.29) is 0 Å². The summed E-state index contributed by atoms with van der Waals surface area (Å²) < 4.78 is 0. The Morgan fingerprint density at radius 1 is 1.21 bits per heavy atom. The Balaban J connectivity index is 2.45. The molecule has 0 nitrogen and oxygen atoms in total. The fourth-order valence-corrected chi connectivity index (χ4v) is 2.62. The lowest BCUT2D eigenvalue weighted by Crippen LogP contribution is -1.81. The zero-order valence-electron chi connectivity index (χ0n) is 8.22. The lowest BCUT2D eigenvalue weighted by atomic mass is 10.3. The number of benzene rings is 1. The van der Waals surface area contributed by atoms with Gasteiger partial charge in [-0.2, -0.15) is 0 Å². The van der Waals surface area contributed by atoms with E-state index in [4.69, 9.17) is 23.2 Å². The van der Waals surface area contributed by atoms with Crippen LogP contribution in [0.5, 0.6) is 0 Å². The van der Waals surface area contributed by atoms with E-state index in [1.165, 1.54) is 19.3 Å². The number of hydrogen-bond donors (Lipinski definition) is 0. The van der Waals surface area contributed by atoms with E-state index in [2.05, 4.69) is 6.92 Å². The molecule has 1 rings (SSSR count). The van der Waals surface area contributed by atoms with Crippen molar-refractivity contribution in [3.05, 3.63) is 28.2 Å². The van der Waals surface area contributed by atoms with Crippen LogP contribution in [0.3, 0.4) is 0 Å². The summed E-state index contributed by atoms with van der Waals surface area (Å²) >= 11 is 13.7. The first kappa shape index (κ1) is 12.2. The molecule has 78 valence electrons. The standard InChI is InChI=1S/C11H14Cl2S/c1-2-3-4-7-14-11-8-9(12)5-6-10(11)13/h5-6,8H,2-4,7H2,1H3. The van der Waals surface area contributed by atoms with Crippen LogP contribution in [0.25, 0.3) is 0 Å². The van der Waals surface area contributed by atoms with Gasteiger partial charge in [0.1, 0.15) is 0 Å². The molecule has 0 saturated heterocycles. The topological polar surface area (TPSA) is 0 Å². The lowest BCUT2D eigenvalue weighted by Gasteiger charge is -2.03. The molecular formula is C11H14Cl2S. The minimum absolute atomic E-state index is 0.757. The fraction of sp³-hybridized carbons (Fsp3) is 0.455. The van der Waals surface area contributed by atoms with Crippen LogP contribution >= 0.6 is 35.0 Å². The molecule has 1 aromatic rings. The van der Waals surface area contributed by atoms with Crippen molar-refractivity contribution in [1.82, 2.24) is 0 Å². The van der Waals surface area contributed by atoms with Crippen molar-refractivity contribution >= 4 is 35.0 Å². The molecule has 0 radical (unpaired) electrons. The Labute approximate surface area is 100.0 Å². The fourth-order valence-electron chi connectivity index (χ4n) is 1.12. The van der Waals surface area contributed by atoms with Crippen LogP contribution in [0.4, 0.5) is 0 Å². The predicted molar refractivity (Wildman–Crippen MR) is 66.7 cm³/mol. The third kappa shape index (κ3) is 4.12. The highest BCUT2D eigenvalue weighted by Crippen LogP contribution is 2.30. The van der Waals surface area contributed by atoms with E-state index >= 15 is 0 Å². The van der Waals surface area contributed by atoms with Crippen LogP contribution in [-0.2, 0) is 0 Å². The molecular weight excluding hydrogens is 235 g/mol. The molecule has 0 aliphatic rings. The molecule has 0 fully saturated rings. The van der Waals surface area contributed by atoms with Crippen molar-refractivity contribution < 1.29 is 0 Å². The highest BCUT2D eigenvalue weighted by molar-refractivity contribution is 7.99. The maximum absolute atomic E-state index is 6.03. The van der Waals surface area contributed by atoms with E-state index in [1.54, 1.807) is 11.8 Å². The van der Waals surface area contributed by atoms with Crippen LogP contribution < -0.4 is 0 Å². The zero-order valence-corrected chi connectivity index (χ0v) is 10.6. The third-order valence-corrected chi connectivity index (χ3v) is 3.72. The van der Waals surface area contributed by atoms with Crippen molar-refractivity contribution in [2.45, 2.75) is 31.1 Å². The highest BCUT2D eigenvalue weighted by atomic mass is 35.5. The van der Waals surface area contributed by atoms with Crippen LogP contribution in [0, 0.1) is 0 Å². The molecule has 0 bridgehead atoms. The molecule has 0 aliphatic heterocycles. The Morgan fingerprint density at radius 3 is 2.71 bits per heavy atom. The normalized spacial score (nSPS) is 10.5. The van der Waals surface area contributed by atoms with Gasteiger partial charge in [0.2, 0.25) is 0 Å². The highest BCUT2D eigenvalue weighted by Gasteiger charge is 2.01. The van der Waals surface area contributed by atoms with Gasteiger partial charge in [-0.1, -0.05) is 43.0 Å². The number of hydrogen-bond acceptors (Lipinski definition) is 1. The predicted octanol–water partition coefficient (Wildman–Crippen LogP) is 5.28. The Morgan fingerprint density at radius 2 is 2.00 bits per heavy atom. The summed E-state index contributed by atoms with van der Waals surface area (Å²) in [5.41, 5.74) is 0. The summed E-state index contributed by atoms with van der Waals surface area (Å²) in [4.78, 5) is 1.09. The van der Waals surface area contributed by atoms with Gasteiger partial charge in [-0.25, -0.2) is 0 Å². The van der Waals surface area contributed by atoms with Gasteiger partial charge in [0.15, 0.2) is 0 Å². The Bertz CT molecular complexity index is 287. The zero-order chi connectivity index (χ0) is 10.4. The average molecular weight is 249 g/mol. The van der Waals surface area contributed by atoms with E-state index in [0.717, 1.165) is 20.7 Å². The maximum atomic E-state index is 6.03. The average Bonchev–Trinajstić information content (AvgIpc) is 2.18. The summed E-state index contributed by atoms with van der Waals surface area (Å²) in [6.07, 6.45) is 3.78. The summed E-state index contributed by atoms with van der Waals surface area (Å²) in [6.45, 7) is 2.21. The molecule has 0 atom stereocenters. The van der Waals surface area contributed by atoms with Gasteiger partial charge >= 0.3 is 0 Å². The van der Waals surface area contributed by atoms with Gasteiger partial charge in [0.05, 0.1) is 5.02 Å². The van der Waals surface area contributed by atoms with Crippen molar-refractivity contribution in [2.75, 3.05) is 5.75 Å². The molecule has 0 spiro atoms. The van der Waals surface area contributed by atoms with Gasteiger partial charge in [-0.15, -0.1) is 11.8 Å². The van der Waals surface area contributed by atoms with Gasteiger partial charge in [0, 0.05) is 9.92 Å². The lowest BCUT2D eigenvalue weighted by molar-refractivity contribution is 0.778. The molecule has 0 aliphatic carbocycles. The minimum atomic E-state index is 0.757. The van der Waals surface area contributed by atoms with Gasteiger partial charge < -0.3 is 0 Å². The summed E-state index contributed by atoms with van der Waals surface area (Å²) in [7, 11) is 0. The van der Waals surface area contributed by atoms with Crippen molar-refractivity contribution in [3.8, 4) is 0 Å². The second kappa shape index (κ2) is 6.60. The van der Waals surface area contributed by atoms with Crippen LogP contribution in [0.15, 0.2) is 23.1 Å². The summed E-state index contributed by atoms with van der Waals surface area (Å²) in [5, 5.41) is 1.56. The number of rotatable bonds is 5. The van der Waals surface area contributed by atoms with Crippen LogP contribution in [0.2, 0.25) is 10.0 Å². The molecule has 1 aromatic carbocycles. The second-order valence-electron chi connectivity index (χ2n) is 3.13. The van der Waals surface area contributed by atoms with Crippen molar-refractivity contribution in [1.29, 1.82) is 0 Å². The molecule has 0 heterocycles. The molecule has 0 N–H and O–H groups in total. The molecule has 0 amide bonds. The number of thioether (sulfide) groups is 1. The summed E-state index contributed by atoms with van der Waals surface area (Å²) in [6, 6.07) is 5.60. The number of halogens is 2. The first-order valence-corrected chi connectivity index (χ1v) is 6.56. The van der Waals surface area contributed by atoms with E-state index in [0.29, 0.717) is 0 Å². The molecule has 0 saturated carbocycles. The molecule has 14 heavy (non-hydrogen) atoms. The third-order valence-electron chi connectivity index (χ3n) is 1.90. The van der Waals surface area contributed by atoms with Crippen molar-refractivity contribution in [2.24, 2.45) is 0 Å². The van der Waals surface area contributed by atoms with Gasteiger partial charge in [-0.05, 0) is 30.4 Å². The molecule has 0 aromatic heterocycles. The van der Waals surface area contributed by atoms with Crippen LogP contribution in [0.1, 0.15) is 26.2 Å². The van der Waals surface area contributed by atoms with Gasteiger partial charge in [0.25, 0.3) is 0 Å². The van der Waals surface area contributed by atoms with Gasteiger partial charge in [-0.3, -0.25) is 0 Å². The first-order valence-electron chi connectivity index (χ1n) is 4.82. The first-order chi connectivity index (χ1) is 6.74. The van der Waals surface area contributed by atoms with E-state index < -0.39 is 0 Å².